The number of carbonyl (C=O) groups is 2. The molecule has 0 spiro atoms. The first-order chi connectivity index (χ1) is 10.3. The number of carboxylic acid groups (broad SMARTS) is 1. The summed E-state index contributed by atoms with van der Waals surface area (Å²) in [6.45, 7) is 1.55. The number of nitrogens with zero attached hydrogens (tertiary/aromatic N) is 2. The number of nitriles is 1. The molecule has 2 N–H and O–H groups in total. The Morgan fingerprint density at radius 1 is 1.50 bits per heavy atom. The Labute approximate surface area is 126 Å². The highest BCUT2D eigenvalue weighted by Gasteiger charge is 2.26. The van der Waals surface area contributed by atoms with E-state index in [1.165, 1.54) is 18.2 Å². The largest absolute Gasteiger partial charge is 0.480 e. The van der Waals surface area contributed by atoms with Crippen LogP contribution in [-0.2, 0) is 16.0 Å². The van der Waals surface area contributed by atoms with Gasteiger partial charge in [-0.2, -0.15) is 5.26 Å². The highest BCUT2D eigenvalue weighted by atomic mass is 16.6. The monoisotopic (exact) mass is 305 g/mol. The highest BCUT2D eigenvalue weighted by molar-refractivity contribution is 5.85. The molecule has 116 valence electrons. The molecule has 8 heteroatoms. The van der Waals surface area contributed by atoms with Gasteiger partial charge in [0.1, 0.15) is 6.04 Å². The van der Waals surface area contributed by atoms with E-state index in [0.29, 0.717) is 5.56 Å². The Balaban J connectivity index is 2.76. The van der Waals surface area contributed by atoms with Crippen LogP contribution in [-0.4, -0.2) is 27.9 Å². The van der Waals surface area contributed by atoms with E-state index in [-0.39, 0.29) is 18.5 Å². The van der Waals surface area contributed by atoms with Gasteiger partial charge in [0.05, 0.1) is 17.4 Å². The Morgan fingerprint density at radius 2 is 2.18 bits per heavy atom. The van der Waals surface area contributed by atoms with Crippen molar-refractivity contribution in [2.75, 3.05) is 0 Å². The minimum absolute atomic E-state index is 0.00590. The smallest absolute Gasteiger partial charge is 0.326 e. The maximum Gasteiger partial charge on any atom is 0.326 e. The number of rotatable bonds is 7. The molecule has 1 aromatic carbocycles. The molecule has 0 aliphatic rings. The second kappa shape index (κ2) is 7.73. The number of hydrogen-bond donors (Lipinski definition) is 2. The van der Waals surface area contributed by atoms with Crippen LogP contribution in [0, 0.1) is 27.4 Å². The van der Waals surface area contributed by atoms with Gasteiger partial charge in [-0.15, -0.1) is 0 Å². The molecule has 0 aromatic heterocycles. The number of carbonyl (C=O) groups excluding carboxylic acids is 1. The van der Waals surface area contributed by atoms with E-state index in [2.05, 4.69) is 5.32 Å². The summed E-state index contributed by atoms with van der Waals surface area (Å²) in [5, 5.41) is 30.7. The van der Waals surface area contributed by atoms with Crippen LogP contribution < -0.4 is 5.32 Å². The first-order valence-corrected chi connectivity index (χ1v) is 6.47. The van der Waals surface area contributed by atoms with Crippen molar-refractivity contribution >= 4 is 17.6 Å². The number of aliphatic carboxylic acids is 1. The minimum Gasteiger partial charge on any atom is -0.480 e. The van der Waals surface area contributed by atoms with E-state index >= 15 is 0 Å². The Morgan fingerprint density at radius 3 is 2.73 bits per heavy atom. The van der Waals surface area contributed by atoms with Gasteiger partial charge in [0, 0.05) is 24.5 Å². The zero-order chi connectivity index (χ0) is 16.7. The van der Waals surface area contributed by atoms with Gasteiger partial charge in [-0.05, 0) is 5.56 Å². The fourth-order valence-electron chi connectivity index (χ4n) is 1.90. The zero-order valence-electron chi connectivity index (χ0n) is 11.9. The SMILES string of the molecule is C[C@@H](CC#N)[C@@H](NC(=O)Cc1cccc([N+](=O)[O-])c1)C(=O)O. The van der Waals surface area contributed by atoms with Gasteiger partial charge in [-0.25, -0.2) is 4.79 Å². The molecule has 22 heavy (non-hydrogen) atoms. The Hall–Kier alpha value is -2.95. The van der Waals surface area contributed by atoms with Crippen LogP contribution in [0.25, 0.3) is 0 Å². The summed E-state index contributed by atoms with van der Waals surface area (Å²) < 4.78 is 0. The summed E-state index contributed by atoms with van der Waals surface area (Å²) in [7, 11) is 0. The number of carboxylic acids is 1. The first kappa shape index (κ1) is 17.1. The third-order valence-electron chi connectivity index (χ3n) is 3.05. The topological polar surface area (TPSA) is 133 Å². The van der Waals surface area contributed by atoms with Crippen molar-refractivity contribution < 1.29 is 19.6 Å². The molecule has 0 aliphatic carbocycles. The summed E-state index contributed by atoms with van der Waals surface area (Å²) >= 11 is 0. The number of non-ortho nitro benzene ring substituents is 1. The average molecular weight is 305 g/mol. The summed E-state index contributed by atoms with van der Waals surface area (Å²) in [4.78, 5) is 33.1. The van der Waals surface area contributed by atoms with E-state index in [0.717, 1.165) is 0 Å². The number of nitrogens with one attached hydrogen (secondary N) is 1. The first-order valence-electron chi connectivity index (χ1n) is 6.47. The molecular weight excluding hydrogens is 290 g/mol. The van der Waals surface area contributed by atoms with Crippen LogP contribution in [0.3, 0.4) is 0 Å². The summed E-state index contributed by atoms with van der Waals surface area (Å²) in [6, 6.07) is 6.24. The Bertz CT molecular complexity index is 623. The van der Waals surface area contributed by atoms with Gasteiger partial charge in [0.15, 0.2) is 0 Å². The molecule has 0 fully saturated rings. The molecule has 1 amide bonds. The van der Waals surface area contributed by atoms with Gasteiger partial charge < -0.3 is 10.4 Å². The van der Waals surface area contributed by atoms with Crippen molar-refractivity contribution in [2.24, 2.45) is 5.92 Å². The predicted molar refractivity (Wildman–Crippen MR) is 75.8 cm³/mol. The van der Waals surface area contributed by atoms with Gasteiger partial charge in [0.25, 0.3) is 5.69 Å². The van der Waals surface area contributed by atoms with Gasteiger partial charge in [-0.3, -0.25) is 14.9 Å². The third-order valence-corrected chi connectivity index (χ3v) is 3.05. The maximum atomic E-state index is 11.9. The quantitative estimate of drug-likeness (QED) is 0.575. The van der Waals surface area contributed by atoms with Crippen molar-refractivity contribution in [3.8, 4) is 6.07 Å². The van der Waals surface area contributed by atoms with Crippen LogP contribution in [0.2, 0.25) is 0 Å². The van der Waals surface area contributed by atoms with Crippen molar-refractivity contribution in [3.05, 3.63) is 39.9 Å². The van der Waals surface area contributed by atoms with E-state index in [1.54, 1.807) is 13.0 Å². The highest BCUT2D eigenvalue weighted by Crippen LogP contribution is 2.14. The van der Waals surface area contributed by atoms with E-state index in [4.69, 9.17) is 10.4 Å². The second-order valence-corrected chi connectivity index (χ2v) is 4.83. The summed E-state index contributed by atoms with van der Waals surface area (Å²) in [5.74, 6) is -2.34. The van der Waals surface area contributed by atoms with Gasteiger partial charge in [0.2, 0.25) is 5.91 Å². The lowest BCUT2D eigenvalue weighted by Crippen LogP contribution is -2.45. The van der Waals surface area contributed by atoms with Crippen LogP contribution in [0.1, 0.15) is 18.9 Å². The van der Waals surface area contributed by atoms with Crippen molar-refractivity contribution in [2.45, 2.75) is 25.8 Å². The lowest BCUT2D eigenvalue weighted by atomic mass is 9.98. The summed E-state index contributed by atoms with van der Waals surface area (Å²) in [5.41, 5.74) is 0.265. The molecule has 0 radical (unpaired) electrons. The molecule has 8 nitrogen and oxygen atoms in total. The molecule has 0 heterocycles. The fraction of sp³-hybridized carbons (Fsp3) is 0.357. The lowest BCUT2D eigenvalue weighted by molar-refractivity contribution is -0.384. The van der Waals surface area contributed by atoms with Crippen LogP contribution in [0.4, 0.5) is 5.69 Å². The Kier molecular flexibility index (Phi) is 6.01. The molecule has 1 aromatic rings. The molecule has 0 saturated heterocycles. The second-order valence-electron chi connectivity index (χ2n) is 4.83. The molecule has 2 atom stereocenters. The third kappa shape index (κ3) is 4.86. The molecular formula is C14H15N3O5. The summed E-state index contributed by atoms with van der Waals surface area (Å²) in [6.07, 6.45) is -0.182. The van der Waals surface area contributed by atoms with Crippen molar-refractivity contribution in [1.29, 1.82) is 5.26 Å². The average Bonchev–Trinajstić information content (AvgIpc) is 2.44. The van der Waals surface area contributed by atoms with E-state index < -0.39 is 28.8 Å². The van der Waals surface area contributed by atoms with Crippen LogP contribution in [0.15, 0.2) is 24.3 Å². The van der Waals surface area contributed by atoms with Gasteiger partial charge in [-0.1, -0.05) is 19.1 Å². The molecule has 1 rings (SSSR count). The standard InChI is InChI=1S/C14H15N3O5/c1-9(5-6-15)13(14(19)20)16-12(18)8-10-3-2-4-11(7-10)17(21)22/h2-4,7,9,13H,5,8H2,1H3,(H,16,18)(H,19,20)/t9-,13+/m0/s1. The normalized spacial score (nSPS) is 12.7. The number of benzene rings is 1. The lowest BCUT2D eigenvalue weighted by Gasteiger charge is -2.19. The molecule has 0 saturated carbocycles. The molecule has 0 aliphatic heterocycles. The fourth-order valence-corrected chi connectivity index (χ4v) is 1.90. The number of hydrogen-bond acceptors (Lipinski definition) is 5. The zero-order valence-corrected chi connectivity index (χ0v) is 11.9. The predicted octanol–water partition coefficient (Wildman–Crippen LogP) is 1.26. The molecule has 0 unspecified atom stereocenters. The van der Waals surface area contributed by atoms with Crippen molar-refractivity contribution in [3.63, 3.8) is 0 Å². The van der Waals surface area contributed by atoms with Gasteiger partial charge >= 0.3 is 5.97 Å². The number of amides is 1. The minimum atomic E-state index is -1.23. The van der Waals surface area contributed by atoms with Crippen LogP contribution >= 0.6 is 0 Å². The molecule has 0 bridgehead atoms. The van der Waals surface area contributed by atoms with Crippen molar-refractivity contribution in [1.82, 2.24) is 5.32 Å². The number of nitro groups is 1. The van der Waals surface area contributed by atoms with Crippen LogP contribution in [0.5, 0.6) is 0 Å². The number of nitro benzene ring substituents is 1. The maximum absolute atomic E-state index is 11.9. The van der Waals surface area contributed by atoms with E-state index in [1.807, 2.05) is 6.07 Å². The van der Waals surface area contributed by atoms with E-state index in [9.17, 15) is 19.7 Å².